The molecule has 0 radical (unpaired) electrons. The summed E-state index contributed by atoms with van der Waals surface area (Å²) >= 11 is 5.04. The molecule has 2 N–H and O–H groups in total. The molecule has 0 aliphatic heterocycles. The lowest BCUT2D eigenvalue weighted by Gasteiger charge is -2.07. The Morgan fingerprint density at radius 3 is 2.69 bits per heavy atom. The van der Waals surface area contributed by atoms with Gasteiger partial charge in [-0.1, -0.05) is 30.3 Å². The van der Waals surface area contributed by atoms with E-state index in [1.165, 1.54) is 5.56 Å². The molecule has 0 aliphatic carbocycles. The van der Waals surface area contributed by atoms with Crippen LogP contribution in [0, 0.1) is 4.77 Å². The van der Waals surface area contributed by atoms with Crippen LogP contribution in [0.25, 0.3) is 0 Å². The van der Waals surface area contributed by atoms with E-state index in [4.69, 9.17) is 18.0 Å². The van der Waals surface area contributed by atoms with Gasteiger partial charge in [0.25, 0.3) is 0 Å². The minimum Gasteiger partial charge on any atom is -0.383 e. The van der Waals surface area contributed by atoms with Gasteiger partial charge in [-0.15, -0.1) is 0 Å². The number of aryl methyl sites for hydroxylation is 1. The SMILES string of the molecule is Cn1cc(Cc2ccccc2)c(N)nc1=S. The van der Waals surface area contributed by atoms with E-state index in [1.54, 1.807) is 0 Å². The molecule has 16 heavy (non-hydrogen) atoms. The molecule has 0 atom stereocenters. The highest BCUT2D eigenvalue weighted by Gasteiger charge is 2.03. The molecule has 0 spiro atoms. The molecule has 82 valence electrons. The van der Waals surface area contributed by atoms with Crippen molar-refractivity contribution in [3.63, 3.8) is 0 Å². The summed E-state index contributed by atoms with van der Waals surface area (Å²) in [5, 5.41) is 0. The molecule has 1 aromatic carbocycles. The van der Waals surface area contributed by atoms with E-state index < -0.39 is 0 Å². The van der Waals surface area contributed by atoms with E-state index in [0.29, 0.717) is 10.6 Å². The van der Waals surface area contributed by atoms with Crippen molar-refractivity contribution in [3.8, 4) is 0 Å². The average molecular weight is 231 g/mol. The van der Waals surface area contributed by atoms with Crippen molar-refractivity contribution < 1.29 is 0 Å². The zero-order valence-electron chi connectivity index (χ0n) is 9.05. The van der Waals surface area contributed by atoms with Crippen LogP contribution in [0.1, 0.15) is 11.1 Å². The fraction of sp³-hybridized carbons (Fsp3) is 0.167. The summed E-state index contributed by atoms with van der Waals surface area (Å²) < 4.78 is 2.32. The van der Waals surface area contributed by atoms with Crippen molar-refractivity contribution in [2.75, 3.05) is 5.73 Å². The van der Waals surface area contributed by atoms with E-state index >= 15 is 0 Å². The van der Waals surface area contributed by atoms with E-state index in [0.717, 1.165) is 12.0 Å². The molecule has 3 nitrogen and oxygen atoms in total. The van der Waals surface area contributed by atoms with Crippen LogP contribution in [0.4, 0.5) is 5.82 Å². The summed E-state index contributed by atoms with van der Waals surface area (Å²) in [6.45, 7) is 0. The summed E-state index contributed by atoms with van der Waals surface area (Å²) in [7, 11) is 1.88. The minimum atomic E-state index is 0.509. The third kappa shape index (κ3) is 2.28. The average Bonchev–Trinajstić information content (AvgIpc) is 2.27. The van der Waals surface area contributed by atoms with Gasteiger partial charge >= 0.3 is 0 Å². The zero-order valence-corrected chi connectivity index (χ0v) is 9.87. The van der Waals surface area contributed by atoms with Crippen LogP contribution in [-0.4, -0.2) is 9.55 Å². The van der Waals surface area contributed by atoms with Crippen LogP contribution in [0.15, 0.2) is 36.5 Å². The van der Waals surface area contributed by atoms with Gasteiger partial charge in [0.2, 0.25) is 4.77 Å². The van der Waals surface area contributed by atoms with Crippen LogP contribution in [0.5, 0.6) is 0 Å². The molecule has 0 unspecified atom stereocenters. The molecule has 0 bridgehead atoms. The highest BCUT2D eigenvalue weighted by atomic mass is 32.1. The molecule has 2 rings (SSSR count). The van der Waals surface area contributed by atoms with E-state index in [-0.39, 0.29) is 0 Å². The fourth-order valence-electron chi connectivity index (χ4n) is 1.56. The Morgan fingerprint density at radius 1 is 1.31 bits per heavy atom. The number of rotatable bonds is 2. The molecule has 0 aliphatic rings. The van der Waals surface area contributed by atoms with Crippen molar-refractivity contribution in [3.05, 3.63) is 52.4 Å². The monoisotopic (exact) mass is 231 g/mol. The van der Waals surface area contributed by atoms with E-state index in [2.05, 4.69) is 17.1 Å². The first kappa shape index (κ1) is 10.8. The lowest BCUT2D eigenvalue weighted by molar-refractivity contribution is 0.830. The number of nitrogen functional groups attached to an aromatic ring is 1. The molecular weight excluding hydrogens is 218 g/mol. The molecule has 1 aromatic heterocycles. The van der Waals surface area contributed by atoms with E-state index in [9.17, 15) is 0 Å². The first-order valence-electron chi connectivity index (χ1n) is 5.03. The smallest absolute Gasteiger partial charge is 0.201 e. The second-order valence-electron chi connectivity index (χ2n) is 3.71. The third-order valence-corrected chi connectivity index (χ3v) is 2.81. The Labute approximate surface area is 99.6 Å². The molecule has 0 fully saturated rings. The van der Waals surface area contributed by atoms with Crippen molar-refractivity contribution >= 4 is 18.0 Å². The van der Waals surface area contributed by atoms with Crippen LogP contribution < -0.4 is 5.73 Å². The summed E-state index contributed by atoms with van der Waals surface area (Å²) in [6, 6.07) is 10.2. The Hall–Kier alpha value is -1.68. The lowest BCUT2D eigenvalue weighted by Crippen LogP contribution is -2.05. The number of aromatic nitrogens is 2. The Bertz CT molecular complexity index is 546. The quantitative estimate of drug-likeness (QED) is 0.807. The number of anilines is 1. The van der Waals surface area contributed by atoms with Crippen LogP contribution in [-0.2, 0) is 13.5 Å². The van der Waals surface area contributed by atoms with E-state index in [1.807, 2.05) is 36.0 Å². The van der Waals surface area contributed by atoms with Crippen molar-refractivity contribution in [2.45, 2.75) is 6.42 Å². The summed E-state index contributed by atoms with van der Waals surface area (Å²) in [4.78, 5) is 4.12. The van der Waals surface area contributed by atoms with Gasteiger partial charge in [-0.2, -0.15) is 0 Å². The summed E-state index contributed by atoms with van der Waals surface area (Å²) in [6.07, 6.45) is 2.72. The highest BCUT2D eigenvalue weighted by molar-refractivity contribution is 7.71. The second kappa shape index (κ2) is 4.45. The molecule has 0 saturated heterocycles. The van der Waals surface area contributed by atoms with Crippen molar-refractivity contribution in [1.29, 1.82) is 0 Å². The van der Waals surface area contributed by atoms with Crippen molar-refractivity contribution in [1.82, 2.24) is 9.55 Å². The first-order valence-corrected chi connectivity index (χ1v) is 5.43. The maximum absolute atomic E-state index is 5.85. The van der Waals surface area contributed by atoms with Crippen molar-refractivity contribution in [2.24, 2.45) is 7.05 Å². The number of benzene rings is 1. The van der Waals surface area contributed by atoms with Gasteiger partial charge in [-0.05, 0) is 17.8 Å². The second-order valence-corrected chi connectivity index (χ2v) is 4.07. The van der Waals surface area contributed by atoms with Gasteiger partial charge < -0.3 is 10.3 Å². The van der Waals surface area contributed by atoms with Gasteiger partial charge in [-0.25, -0.2) is 4.98 Å². The number of hydrogen-bond donors (Lipinski definition) is 1. The van der Waals surface area contributed by atoms with Crippen LogP contribution >= 0.6 is 12.2 Å². The predicted molar refractivity (Wildman–Crippen MR) is 67.7 cm³/mol. The number of nitrogens with zero attached hydrogens (tertiary/aromatic N) is 2. The van der Waals surface area contributed by atoms with Crippen LogP contribution in [0.2, 0.25) is 0 Å². The molecule has 2 aromatic rings. The Balaban J connectivity index is 2.36. The highest BCUT2D eigenvalue weighted by Crippen LogP contribution is 2.13. The summed E-state index contributed by atoms with van der Waals surface area (Å²) in [5.41, 5.74) is 8.06. The summed E-state index contributed by atoms with van der Waals surface area (Å²) in [5.74, 6) is 0.520. The first-order chi connectivity index (χ1) is 7.66. The zero-order chi connectivity index (χ0) is 11.5. The number of hydrogen-bond acceptors (Lipinski definition) is 3. The molecular formula is C12H13N3S. The van der Waals surface area contributed by atoms with Gasteiger partial charge in [0, 0.05) is 25.2 Å². The fourth-order valence-corrected chi connectivity index (χ4v) is 1.71. The van der Waals surface area contributed by atoms with Gasteiger partial charge in [0.15, 0.2) is 0 Å². The van der Waals surface area contributed by atoms with Gasteiger partial charge in [0.1, 0.15) is 5.82 Å². The molecule has 0 saturated carbocycles. The number of nitrogens with two attached hydrogens (primary N) is 1. The largest absolute Gasteiger partial charge is 0.383 e. The van der Waals surface area contributed by atoms with Gasteiger partial charge in [0.05, 0.1) is 0 Å². The Morgan fingerprint density at radius 2 is 2.00 bits per heavy atom. The standard InChI is InChI=1S/C12H13N3S/c1-15-8-10(11(13)14-12(15)16)7-9-5-3-2-4-6-9/h2-6,8H,7H2,1H3,(H2,13,14,16). The minimum absolute atomic E-state index is 0.509. The van der Waals surface area contributed by atoms with Crippen LogP contribution in [0.3, 0.4) is 0 Å². The molecule has 1 heterocycles. The lowest BCUT2D eigenvalue weighted by atomic mass is 10.1. The maximum Gasteiger partial charge on any atom is 0.201 e. The topological polar surface area (TPSA) is 43.8 Å². The predicted octanol–water partition coefficient (Wildman–Crippen LogP) is 2.32. The maximum atomic E-state index is 5.85. The normalized spacial score (nSPS) is 10.3. The molecule has 0 amide bonds. The third-order valence-electron chi connectivity index (χ3n) is 2.43. The molecule has 4 heteroatoms. The Kier molecular flexibility index (Phi) is 3.01. The van der Waals surface area contributed by atoms with Gasteiger partial charge in [-0.3, -0.25) is 0 Å².